The van der Waals surface area contributed by atoms with Crippen LogP contribution in [0.2, 0.25) is 0 Å². The van der Waals surface area contributed by atoms with E-state index in [9.17, 15) is 9.36 Å². The van der Waals surface area contributed by atoms with Crippen molar-refractivity contribution < 1.29 is 24.3 Å². The number of hydrogen-bond acceptors (Lipinski definition) is 5. The Morgan fingerprint density at radius 1 is 1.27 bits per heavy atom. The number of rotatable bonds is 8. The first-order valence-electron chi connectivity index (χ1n) is 5.02. The van der Waals surface area contributed by atoms with Crippen LogP contribution in [0.5, 0.6) is 0 Å². The van der Waals surface area contributed by atoms with Gasteiger partial charge in [-0.15, -0.1) is 0 Å². The molecule has 2 N–H and O–H groups in total. The SMILES string of the molecule is CCP(=O)(CCO)CCC(=O)OCCO. The lowest BCUT2D eigenvalue weighted by atomic mass is 10.5. The lowest BCUT2D eigenvalue weighted by molar-refractivity contribution is -0.144. The fourth-order valence-corrected chi connectivity index (χ4v) is 2.95. The van der Waals surface area contributed by atoms with Gasteiger partial charge in [0.2, 0.25) is 0 Å². The van der Waals surface area contributed by atoms with E-state index in [1.165, 1.54) is 0 Å². The van der Waals surface area contributed by atoms with Crippen LogP contribution >= 0.6 is 7.14 Å². The second-order valence-electron chi connectivity index (χ2n) is 3.24. The van der Waals surface area contributed by atoms with Crippen molar-refractivity contribution in [1.29, 1.82) is 0 Å². The van der Waals surface area contributed by atoms with Crippen LogP contribution in [0.25, 0.3) is 0 Å². The van der Waals surface area contributed by atoms with Crippen molar-refractivity contribution in [2.45, 2.75) is 13.3 Å². The molecular formula is C9H19O5P. The molecule has 0 heterocycles. The van der Waals surface area contributed by atoms with Crippen LogP contribution in [-0.2, 0) is 14.1 Å². The average Bonchev–Trinajstić information content (AvgIpc) is 2.24. The molecule has 0 bridgehead atoms. The lowest BCUT2D eigenvalue weighted by Crippen LogP contribution is -2.11. The van der Waals surface area contributed by atoms with E-state index in [0.29, 0.717) is 6.16 Å². The summed E-state index contributed by atoms with van der Waals surface area (Å²) in [6.07, 6.45) is 1.11. The summed E-state index contributed by atoms with van der Waals surface area (Å²) >= 11 is 0. The Hall–Kier alpha value is -0.380. The molecule has 0 rings (SSSR count). The monoisotopic (exact) mass is 238 g/mol. The standard InChI is InChI=1S/C9H19O5P/c1-2-15(13,8-5-11)7-3-9(12)14-6-4-10/h10-11H,2-8H2,1H3. The maximum atomic E-state index is 11.9. The number of aliphatic hydroxyl groups is 2. The van der Waals surface area contributed by atoms with Crippen LogP contribution in [0.15, 0.2) is 0 Å². The van der Waals surface area contributed by atoms with E-state index >= 15 is 0 Å². The molecule has 6 heteroatoms. The fourth-order valence-electron chi connectivity index (χ4n) is 1.14. The molecule has 0 spiro atoms. The van der Waals surface area contributed by atoms with Crippen molar-refractivity contribution in [2.75, 3.05) is 38.3 Å². The molecule has 0 radical (unpaired) electrons. The highest BCUT2D eigenvalue weighted by molar-refractivity contribution is 7.63. The number of hydrogen-bond donors (Lipinski definition) is 2. The number of esters is 1. The number of ether oxygens (including phenoxy) is 1. The topological polar surface area (TPSA) is 83.8 Å². The quantitative estimate of drug-likeness (QED) is 0.469. The smallest absolute Gasteiger partial charge is 0.306 e. The van der Waals surface area contributed by atoms with E-state index in [0.717, 1.165) is 0 Å². The summed E-state index contributed by atoms with van der Waals surface area (Å²) in [5.41, 5.74) is 0. The Morgan fingerprint density at radius 2 is 1.93 bits per heavy atom. The van der Waals surface area contributed by atoms with E-state index < -0.39 is 13.1 Å². The molecule has 0 fully saturated rings. The zero-order valence-corrected chi connectivity index (χ0v) is 9.91. The molecular weight excluding hydrogens is 219 g/mol. The molecule has 0 saturated carbocycles. The van der Waals surface area contributed by atoms with Crippen molar-refractivity contribution in [2.24, 2.45) is 0 Å². The lowest BCUT2D eigenvalue weighted by Gasteiger charge is -2.14. The van der Waals surface area contributed by atoms with Crippen molar-refractivity contribution in [3.05, 3.63) is 0 Å². The maximum absolute atomic E-state index is 11.9. The summed E-state index contributed by atoms with van der Waals surface area (Å²) in [7, 11) is -2.40. The molecule has 0 aromatic heterocycles. The van der Waals surface area contributed by atoms with Gasteiger partial charge in [0, 0.05) is 18.9 Å². The van der Waals surface area contributed by atoms with Crippen LogP contribution in [-0.4, -0.2) is 54.5 Å². The molecule has 0 aliphatic rings. The number of carbonyl (C=O) groups is 1. The van der Waals surface area contributed by atoms with Gasteiger partial charge in [0.15, 0.2) is 0 Å². The van der Waals surface area contributed by atoms with Crippen LogP contribution in [0.4, 0.5) is 0 Å². The predicted molar refractivity (Wildman–Crippen MR) is 57.6 cm³/mol. The van der Waals surface area contributed by atoms with Gasteiger partial charge in [-0.2, -0.15) is 0 Å². The summed E-state index contributed by atoms with van der Waals surface area (Å²) in [6, 6.07) is 0. The number of carbonyl (C=O) groups excluding carboxylic acids is 1. The zero-order chi connectivity index (χ0) is 11.7. The minimum Gasteiger partial charge on any atom is -0.463 e. The molecule has 5 nitrogen and oxygen atoms in total. The Bertz CT molecular complexity index is 229. The third-order valence-electron chi connectivity index (χ3n) is 2.16. The third-order valence-corrected chi connectivity index (χ3v) is 5.37. The second kappa shape index (κ2) is 7.85. The zero-order valence-electron chi connectivity index (χ0n) is 9.02. The summed E-state index contributed by atoms with van der Waals surface area (Å²) in [6.45, 7) is 1.45. The van der Waals surface area contributed by atoms with E-state index in [1.807, 2.05) is 0 Å². The first-order chi connectivity index (χ1) is 7.08. The van der Waals surface area contributed by atoms with Crippen molar-refractivity contribution in [3.63, 3.8) is 0 Å². The maximum Gasteiger partial charge on any atom is 0.306 e. The Morgan fingerprint density at radius 3 is 2.40 bits per heavy atom. The Balaban J connectivity index is 3.89. The molecule has 90 valence electrons. The highest BCUT2D eigenvalue weighted by atomic mass is 31.2. The van der Waals surface area contributed by atoms with E-state index in [1.54, 1.807) is 6.92 Å². The van der Waals surface area contributed by atoms with Crippen LogP contribution in [0, 0.1) is 0 Å². The van der Waals surface area contributed by atoms with E-state index in [4.69, 9.17) is 10.2 Å². The van der Waals surface area contributed by atoms with Crippen molar-refractivity contribution in [1.82, 2.24) is 0 Å². The minimum absolute atomic E-state index is 0.0186. The molecule has 0 aliphatic heterocycles. The van der Waals surface area contributed by atoms with Gasteiger partial charge in [-0.1, -0.05) is 6.92 Å². The van der Waals surface area contributed by atoms with Crippen molar-refractivity contribution >= 4 is 13.1 Å². The highest BCUT2D eigenvalue weighted by Gasteiger charge is 2.20. The summed E-state index contributed by atoms with van der Waals surface area (Å²) in [5.74, 6) is -0.448. The van der Waals surface area contributed by atoms with Crippen LogP contribution in [0.1, 0.15) is 13.3 Å². The van der Waals surface area contributed by atoms with Gasteiger partial charge in [0.25, 0.3) is 0 Å². The van der Waals surface area contributed by atoms with Gasteiger partial charge in [0.1, 0.15) is 6.61 Å². The second-order valence-corrected chi connectivity index (χ2v) is 6.88. The van der Waals surface area contributed by atoms with Crippen molar-refractivity contribution in [3.8, 4) is 0 Å². The largest absolute Gasteiger partial charge is 0.463 e. The minimum atomic E-state index is -2.40. The van der Waals surface area contributed by atoms with Gasteiger partial charge in [-0.25, -0.2) is 0 Å². The van der Waals surface area contributed by atoms with Gasteiger partial charge in [-0.3, -0.25) is 4.79 Å². The Kier molecular flexibility index (Phi) is 7.65. The number of aliphatic hydroxyl groups excluding tert-OH is 2. The first kappa shape index (κ1) is 14.6. The summed E-state index contributed by atoms with van der Waals surface area (Å²) in [5, 5.41) is 17.1. The van der Waals surface area contributed by atoms with Gasteiger partial charge < -0.3 is 19.5 Å². The Labute approximate surface area is 89.8 Å². The molecule has 0 saturated heterocycles. The molecule has 15 heavy (non-hydrogen) atoms. The summed E-state index contributed by atoms with van der Waals surface area (Å²) < 4.78 is 16.6. The molecule has 0 amide bonds. The van der Waals surface area contributed by atoms with Crippen LogP contribution < -0.4 is 0 Å². The van der Waals surface area contributed by atoms with E-state index in [-0.39, 0.29) is 38.6 Å². The fraction of sp³-hybridized carbons (Fsp3) is 0.889. The van der Waals surface area contributed by atoms with E-state index in [2.05, 4.69) is 4.74 Å². The van der Waals surface area contributed by atoms with Gasteiger partial charge >= 0.3 is 5.97 Å². The average molecular weight is 238 g/mol. The molecule has 1 atom stereocenters. The third kappa shape index (κ3) is 6.66. The van der Waals surface area contributed by atoms with Gasteiger partial charge in [0.05, 0.1) is 20.2 Å². The molecule has 0 aromatic rings. The molecule has 1 unspecified atom stereocenters. The molecule has 0 aromatic carbocycles. The highest BCUT2D eigenvalue weighted by Crippen LogP contribution is 2.44. The first-order valence-corrected chi connectivity index (χ1v) is 7.28. The normalized spacial score (nSPS) is 14.6. The predicted octanol–water partition coefficient (Wildman–Crippen LogP) is 0.287. The van der Waals surface area contributed by atoms with Crippen LogP contribution in [0.3, 0.4) is 0 Å². The summed E-state index contributed by atoms with van der Waals surface area (Å²) in [4.78, 5) is 11.1. The van der Waals surface area contributed by atoms with Gasteiger partial charge in [-0.05, 0) is 6.16 Å². The molecule has 0 aliphatic carbocycles.